The number of hydrogen-bond acceptors (Lipinski definition) is 6. The SMILES string of the molecule is CC1SCCSC1c1noc(CCC2CCCNC2)n1. The molecule has 1 aromatic heterocycles. The van der Waals surface area contributed by atoms with E-state index in [0.717, 1.165) is 37.0 Å². The lowest BCUT2D eigenvalue weighted by Crippen LogP contribution is -2.29. The maximum atomic E-state index is 5.45. The van der Waals surface area contributed by atoms with Gasteiger partial charge in [0.05, 0.1) is 5.25 Å². The molecule has 2 aliphatic rings. The third-order valence-electron chi connectivity index (χ3n) is 4.09. The van der Waals surface area contributed by atoms with Crippen LogP contribution < -0.4 is 5.32 Å². The molecule has 3 heterocycles. The molecule has 1 aromatic rings. The Morgan fingerprint density at radius 2 is 2.25 bits per heavy atom. The quantitative estimate of drug-likeness (QED) is 0.922. The molecule has 20 heavy (non-hydrogen) atoms. The first kappa shape index (κ1) is 14.7. The van der Waals surface area contributed by atoms with Gasteiger partial charge in [-0.05, 0) is 38.3 Å². The number of rotatable bonds is 4. The molecule has 0 spiro atoms. The van der Waals surface area contributed by atoms with Crippen molar-refractivity contribution >= 4 is 23.5 Å². The molecule has 0 radical (unpaired) electrons. The lowest BCUT2D eigenvalue weighted by molar-refractivity contribution is 0.325. The van der Waals surface area contributed by atoms with Crippen molar-refractivity contribution < 1.29 is 4.52 Å². The van der Waals surface area contributed by atoms with Crippen LogP contribution in [-0.2, 0) is 6.42 Å². The third kappa shape index (κ3) is 3.71. The lowest BCUT2D eigenvalue weighted by atomic mass is 9.95. The second-order valence-corrected chi connectivity index (χ2v) is 8.40. The number of aryl methyl sites for hydroxylation is 1. The topological polar surface area (TPSA) is 51.0 Å². The number of nitrogens with one attached hydrogen (secondary N) is 1. The highest BCUT2D eigenvalue weighted by Crippen LogP contribution is 2.41. The molecule has 2 aliphatic heterocycles. The Bertz CT molecular complexity index is 420. The van der Waals surface area contributed by atoms with Gasteiger partial charge >= 0.3 is 0 Å². The minimum atomic E-state index is 0.405. The molecule has 3 rings (SSSR count). The first-order valence-corrected chi connectivity index (χ1v) is 9.69. The maximum absolute atomic E-state index is 5.45. The normalized spacial score (nSPS) is 31.4. The number of nitrogens with zero attached hydrogens (tertiary/aromatic N) is 2. The van der Waals surface area contributed by atoms with Crippen molar-refractivity contribution in [1.82, 2.24) is 15.5 Å². The van der Waals surface area contributed by atoms with E-state index >= 15 is 0 Å². The highest BCUT2D eigenvalue weighted by atomic mass is 32.2. The Kier molecular flexibility index (Phi) is 5.29. The summed E-state index contributed by atoms with van der Waals surface area (Å²) in [5, 5.41) is 8.67. The molecule has 3 atom stereocenters. The number of thioether (sulfide) groups is 2. The van der Waals surface area contributed by atoms with Crippen LogP contribution in [0.5, 0.6) is 0 Å². The molecule has 6 heteroatoms. The molecule has 0 amide bonds. The van der Waals surface area contributed by atoms with Gasteiger partial charge in [0.2, 0.25) is 5.89 Å². The monoisotopic (exact) mass is 313 g/mol. The predicted molar refractivity (Wildman–Crippen MR) is 85.3 cm³/mol. The molecular weight excluding hydrogens is 290 g/mol. The third-order valence-corrected chi connectivity index (χ3v) is 7.18. The summed E-state index contributed by atoms with van der Waals surface area (Å²) >= 11 is 3.98. The van der Waals surface area contributed by atoms with Gasteiger partial charge < -0.3 is 9.84 Å². The van der Waals surface area contributed by atoms with Crippen LogP contribution in [0.2, 0.25) is 0 Å². The van der Waals surface area contributed by atoms with E-state index in [-0.39, 0.29) is 0 Å². The van der Waals surface area contributed by atoms with Crippen LogP contribution >= 0.6 is 23.5 Å². The van der Waals surface area contributed by atoms with Crippen LogP contribution in [0.4, 0.5) is 0 Å². The zero-order chi connectivity index (χ0) is 13.8. The van der Waals surface area contributed by atoms with Gasteiger partial charge in [0, 0.05) is 23.2 Å². The highest BCUT2D eigenvalue weighted by molar-refractivity contribution is 8.06. The molecule has 0 bridgehead atoms. The zero-order valence-electron chi connectivity index (χ0n) is 12.0. The van der Waals surface area contributed by atoms with Crippen molar-refractivity contribution in [2.75, 3.05) is 24.6 Å². The summed E-state index contributed by atoms with van der Waals surface area (Å²) in [5.41, 5.74) is 0. The van der Waals surface area contributed by atoms with E-state index in [2.05, 4.69) is 22.4 Å². The predicted octanol–water partition coefficient (Wildman–Crippen LogP) is 2.91. The second-order valence-electron chi connectivity index (χ2n) is 5.66. The molecule has 0 aromatic carbocycles. The number of piperidine rings is 1. The molecule has 3 unspecified atom stereocenters. The van der Waals surface area contributed by atoms with Gasteiger partial charge in [-0.15, -0.1) is 11.8 Å². The minimum absolute atomic E-state index is 0.405. The first-order chi connectivity index (χ1) is 9.83. The summed E-state index contributed by atoms with van der Waals surface area (Å²) in [6.45, 7) is 4.59. The molecule has 2 fully saturated rings. The zero-order valence-corrected chi connectivity index (χ0v) is 13.6. The fourth-order valence-corrected chi connectivity index (χ4v) is 5.58. The Morgan fingerprint density at radius 3 is 3.05 bits per heavy atom. The largest absolute Gasteiger partial charge is 0.339 e. The van der Waals surface area contributed by atoms with Gasteiger partial charge in [-0.3, -0.25) is 0 Å². The maximum Gasteiger partial charge on any atom is 0.226 e. The Labute approximate surface area is 129 Å². The summed E-state index contributed by atoms with van der Waals surface area (Å²) in [7, 11) is 0. The van der Waals surface area contributed by atoms with E-state index in [1.165, 1.54) is 30.9 Å². The summed E-state index contributed by atoms with van der Waals surface area (Å²) in [4.78, 5) is 4.64. The van der Waals surface area contributed by atoms with Gasteiger partial charge in [-0.25, -0.2) is 0 Å². The Hall–Kier alpha value is -0.200. The summed E-state index contributed by atoms with van der Waals surface area (Å²) < 4.78 is 5.45. The first-order valence-electron chi connectivity index (χ1n) is 7.59. The highest BCUT2D eigenvalue weighted by Gasteiger charge is 2.28. The van der Waals surface area contributed by atoms with E-state index in [1.54, 1.807) is 0 Å². The minimum Gasteiger partial charge on any atom is -0.339 e. The van der Waals surface area contributed by atoms with E-state index in [9.17, 15) is 0 Å². The van der Waals surface area contributed by atoms with Crippen LogP contribution in [0, 0.1) is 5.92 Å². The Morgan fingerprint density at radius 1 is 1.35 bits per heavy atom. The molecule has 2 saturated heterocycles. The van der Waals surface area contributed by atoms with Crippen LogP contribution in [0.25, 0.3) is 0 Å². The van der Waals surface area contributed by atoms with Crippen molar-refractivity contribution in [3.8, 4) is 0 Å². The molecule has 4 nitrogen and oxygen atoms in total. The fraction of sp³-hybridized carbons (Fsp3) is 0.857. The average Bonchev–Trinajstić information content (AvgIpc) is 2.95. The van der Waals surface area contributed by atoms with Crippen LogP contribution in [-0.4, -0.2) is 40.0 Å². The van der Waals surface area contributed by atoms with Crippen molar-refractivity contribution in [1.29, 1.82) is 0 Å². The lowest BCUT2D eigenvalue weighted by Gasteiger charge is -2.24. The summed E-state index contributed by atoms with van der Waals surface area (Å²) in [6, 6.07) is 0. The number of hydrogen-bond donors (Lipinski definition) is 1. The van der Waals surface area contributed by atoms with Crippen LogP contribution in [0.1, 0.15) is 43.2 Å². The fourth-order valence-electron chi connectivity index (χ4n) is 2.90. The number of aromatic nitrogens is 2. The van der Waals surface area contributed by atoms with Crippen molar-refractivity contribution in [3.63, 3.8) is 0 Å². The average molecular weight is 313 g/mol. The van der Waals surface area contributed by atoms with Gasteiger partial charge in [0.25, 0.3) is 0 Å². The van der Waals surface area contributed by atoms with Crippen LogP contribution in [0.3, 0.4) is 0 Å². The van der Waals surface area contributed by atoms with E-state index < -0.39 is 0 Å². The van der Waals surface area contributed by atoms with E-state index in [4.69, 9.17) is 4.52 Å². The molecule has 0 aliphatic carbocycles. The van der Waals surface area contributed by atoms with Crippen molar-refractivity contribution in [3.05, 3.63) is 11.7 Å². The van der Waals surface area contributed by atoms with Gasteiger partial charge in [-0.2, -0.15) is 16.7 Å². The molecule has 0 saturated carbocycles. The van der Waals surface area contributed by atoms with Crippen molar-refractivity contribution in [2.45, 2.75) is 43.1 Å². The molecular formula is C14H23N3OS2. The standard InChI is InChI=1S/C14H23N3OS2/c1-10-13(20-8-7-19-10)14-16-12(18-17-14)5-4-11-3-2-6-15-9-11/h10-11,13,15H,2-9H2,1H3. The Balaban J connectivity index is 1.53. The van der Waals surface area contributed by atoms with Crippen molar-refractivity contribution in [2.24, 2.45) is 5.92 Å². The van der Waals surface area contributed by atoms with Crippen LogP contribution in [0.15, 0.2) is 4.52 Å². The van der Waals surface area contributed by atoms with Gasteiger partial charge in [0.15, 0.2) is 5.82 Å². The van der Waals surface area contributed by atoms with Gasteiger partial charge in [0.1, 0.15) is 0 Å². The smallest absolute Gasteiger partial charge is 0.226 e. The molecule has 112 valence electrons. The summed E-state index contributed by atoms with van der Waals surface area (Å²) in [6.07, 6.45) is 4.72. The second kappa shape index (κ2) is 7.18. The van der Waals surface area contributed by atoms with E-state index in [0.29, 0.717) is 10.5 Å². The van der Waals surface area contributed by atoms with Gasteiger partial charge in [-0.1, -0.05) is 12.1 Å². The van der Waals surface area contributed by atoms with E-state index in [1.807, 2.05) is 23.5 Å². The summed E-state index contributed by atoms with van der Waals surface area (Å²) in [5.74, 6) is 4.94. The molecule has 1 N–H and O–H groups in total.